The monoisotopic (exact) mass is 681 g/mol. The molecule has 14 heteroatoms. The predicted octanol–water partition coefficient (Wildman–Crippen LogP) is 4.95. The van der Waals surface area contributed by atoms with Crippen LogP contribution in [0.3, 0.4) is 0 Å². The van der Waals surface area contributed by atoms with Gasteiger partial charge in [0, 0.05) is 73.0 Å². The van der Waals surface area contributed by atoms with E-state index in [1.54, 1.807) is 42.5 Å². The minimum Gasteiger partial charge on any atom is -0.497 e. The molecular formula is C33H24F2KN4O6S. The third kappa shape index (κ3) is 6.41. The molecule has 1 fully saturated rings. The molecule has 6 aromatic rings. The number of benzene rings is 3. The maximum atomic E-state index is 15.8. The number of fused-ring (bicyclic) bond motifs is 1. The zero-order chi connectivity index (χ0) is 32.1. The van der Waals surface area contributed by atoms with E-state index in [0.717, 1.165) is 39.0 Å². The third-order valence-electron chi connectivity index (χ3n) is 8.00. The van der Waals surface area contributed by atoms with Gasteiger partial charge in [-0.15, -0.1) is 11.3 Å². The number of thiophene rings is 1. The van der Waals surface area contributed by atoms with E-state index in [2.05, 4.69) is 14.7 Å². The Morgan fingerprint density at radius 2 is 1.68 bits per heavy atom. The molecule has 3 heterocycles. The van der Waals surface area contributed by atoms with Gasteiger partial charge in [0.05, 0.1) is 25.6 Å². The predicted molar refractivity (Wildman–Crippen MR) is 172 cm³/mol. The Bertz CT molecular complexity index is 2310. The van der Waals surface area contributed by atoms with E-state index in [1.807, 2.05) is 0 Å². The fourth-order valence-corrected chi connectivity index (χ4v) is 6.74. The molecule has 0 amide bonds. The van der Waals surface area contributed by atoms with Crippen LogP contribution in [0.2, 0.25) is 0 Å². The van der Waals surface area contributed by atoms with E-state index in [9.17, 15) is 19.2 Å². The van der Waals surface area contributed by atoms with Gasteiger partial charge in [-0.3, -0.25) is 28.2 Å². The van der Waals surface area contributed by atoms with Crippen LogP contribution in [0.4, 0.5) is 8.78 Å². The smallest absolute Gasteiger partial charge is 0.439 e. The Labute approximate surface area is 311 Å². The number of ether oxygens (including phenoxy) is 1. The number of rotatable bonds is 9. The number of ketones is 1. The van der Waals surface area contributed by atoms with Crippen molar-refractivity contribution in [2.24, 2.45) is 0 Å². The second-order valence-electron chi connectivity index (χ2n) is 11.0. The summed E-state index contributed by atoms with van der Waals surface area (Å²) in [4.78, 5) is 55.7. The summed E-state index contributed by atoms with van der Waals surface area (Å²) in [7, 11) is 1.49. The van der Waals surface area contributed by atoms with E-state index >= 15 is 8.78 Å². The van der Waals surface area contributed by atoms with Crippen LogP contribution >= 0.6 is 11.3 Å². The minimum atomic E-state index is -0.926. The fraction of sp³-hybridized carbons (Fsp3) is 0.182. The number of carbonyl (C=O) groups is 1. The number of hydrogen-bond acceptors (Lipinski definition) is 8. The third-order valence-corrected chi connectivity index (χ3v) is 9.32. The maximum absolute atomic E-state index is 15.8. The second kappa shape index (κ2) is 13.4. The summed E-state index contributed by atoms with van der Waals surface area (Å²) in [6, 6.07) is 16.8. The summed E-state index contributed by atoms with van der Waals surface area (Å²) < 4.78 is 43.3. The van der Waals surface area contributed by atoms with Crippen molar-refractivity contribution in [3.8, 4) is 28.3 Å². The molecule has 1 aliphatic carbocycles. The van der Waals surface area contributed by atoms with Crippen LogP contribution in [0, 0.1) is 11.6 Å². The Kier molecular flexibility index (Phi) is 9.42. The molecule has 47 heavy (non-hydrogen) atoms. The number of methoxy groups -OCH3 is 1. The van der Waals surface area contributed by atoms with Crippen LogP contribution in [0.5, 0.6) is 5.75 Å². The average Bonchev–Trinajstić information content (AvgIpc) is 3.67. The Hall–Kier alpha value is -3.79. The van der Waals surface area contributed by atoms with E-state index in [1.165, 1.54) is 30.6 Å². The van der Waals surface area contributed by atoms with E-state index < -0.39 is 53.1 Å². The van der Waals surface area contributed by atoms with Crippen LogP contribution in [-0.4, -0.2) is 83.6 Å². The molecule has 1 saturated carbocycles. The number of Topliss-reactive ketones (excluding diaryl/α,β-unsaturated/α-hetero) is 1. The van der Waals surface area contributed by atoms with Crippen molar-refractivity contribution < 1.29 is 22.8 Å². The van der Waals surface area contributed by atoms with Gasteiger partial charge < -0.3 is 4.74 Å². The number of carbonyl (C=O) groups excluding carboxylic acids is 1. The van der Waals surface area contributed by atoms with Crippen molar-refractivity contribution >= 4 is 78.7 Å². The standard InChI is InChI=1S/C33H24F2N4O6S.K/c1-44-20-10-8-17(9-11-20)27(40)16-38-30(41)23-14-28(18-6-7-18)46-31(23)39(33(38)43)15-24-25(34)12-19(13-26(24)35)21-4-2-3-5-22(21)29-36-32(42)45-37-29;/h2-5,8-14,18H,6-7,15-16H2,1H3,(H,36,37,42);. The molecule has 1 N–H and O–H groups in total. The first-order chi connectivity index (χ1) is 22.2. The van der Waals surface area contributed by atoms with Gasteiger partial charge >= 0.3 is 11.4 Å². The molecule has 0 unspecified atom stereocenters. The first-order valence-corrected chi connectivity index (χ1v) is 15.1. The molecule has 0 atom stereocenters. The van der Waals surface area contributed by atoms with Crippen molar-refractivity contribution in [3.63, 3.8) is 0 Å². The largest absolute Gasteiger partial charge is 0.497 e. The summed E-state index contributed by atoms with van der Waals surface area (Å²) in [6.07, 6.45) is 1.88. The number of nitrogens with one attached hydrogen (secondary N) is 1. The van der Waals surface area contributed by atoms with Crippen LogP contribution in [0.1, 0.15) is 39.6 Å². The number of aromatic nitrogens is 4. The second-order valence-corrected chi connectivity index (χ2v) is 12.0. The van der Waals surface area contributed by atoms with E-state index in [0.29, 0.717) is 16.9 Å². The van der Waals surface area contributed by atoms with Gasteiger partial charge in [-0.25, -0.2) is 18.4 Å². The molecule has 0 aliphatic heterocycles. The summed E-state index contributed by atoms with van der Waals surface area (Å²) >= 11 is 1.24. The summed E-state index contributed by atoms with van der Waals surface area (Å²) in [6.45, 7) is -1.08. The molecule has 7 rings (SSSR count). The minimum absolute atomic E-state index is 0. The number of H-pyrrole nitrogens is 1. The van der Waals surface area contributed by atoms with Crippen LogP contribution in [0.25, 0.3) is 32.7 Å². The van der Waals surface area contributed by atoms with Crippen molar-refractivity contribution in [1.82, 2.24) is 19.3 Å². The Balaban J connectivity index is 0.00000386. The first kappa shape index (κ1) is 33.1. The topological polar surface area (TPSA) is 129 Å². The Morgan fingerprint density at radius 1 is 1.00 bits per heavy atom. The normalized spacial score (nSPS) is 12.7. The van der Waals surface area contributed by atoms with Crippen LogP contribution in [0.15, 0.2) is 85.6 Å². The van der Waals surface area contributed by atoms with Gasteiger partial charge in [-0.2, -0.15) is 0 Å². The van der Waals surface area contributed by atoms with Crippen molar-refractivity contribution in [2.75, 3.05) is 7.11 Å². The fourth-order valence-electron chi connectivity index (χ4n) is 5.43. The molecule has 3 aromatic carbocycles. The van der Waals surface area contributed by atoms with Gasteiger partial charge in [-0.05, 0) is 72.4 Å². The summed E-state index contributed by atoms with van der Waals surface area (Å²) in [5.74, 6) is -2.24. The summed E-state index contributed by atoms with van der Waals surface area (Å²) in [5.41, 5.74) is -0.686. The Morgan fingerprint density at radius 3 is 2.30 bits per heavy atom. The number of nitrogens with zero attached hydrogens (tertiary/aromatic N) is 3. The van der Waals surface area contributed by atoms with E-state index in [4.69, 9.17) is 4.74 Å². The molecule has 1 radical (unpaired) electrons. The van der Waals surface area contributed by atoms with E-state index in [-0.39, 0.29) is 84.5 Å². The van der Waals surface area contributed by atoms with Gasteiger partial charge in [0.15, 0.2) is 11.6 Å². The molecule has 3 aromatic heterocycles. The van der Waals surface area contributed by atoms with Crippen LogP contribution < -0.4 is 21.7 Å². The first-order valence-electron chi connectivity index (χ1n) is 14.3. The SMILES string of the molecule is COc1ccc(C(=O)Cn2c(=O)c3cc(C4CC4)sc3n(Cc3c(F)cc(-c4ccccc4-c4noc(=O)[nH]4)cc3F)c2=O)cc1.[K]. The van der Waals surface area contributed by atoms with Gasteiger partial charge in [0.2, 0.25) is 0 Å². The average molecular weight is 682 g/mol. The zero-order valence-electron chi connectivity index (χ0n) is 25.2. The van der Waals surface area contributed by atoms with Crippen LogP contribution in [-0.2, 0) is 13.1 Å². The number of aromatic amines is 1. The molecule has 233 valence electrons. The van der Waals surface area contributed by atoms with Gasteiger partial charge in [0.1, 0.15) is 22.2 Å². The molecular weight excluding hydrogens is 658 g/mol. The number of hydrogen-bond donors (Lipinski definition) is 1. The van der Waals surface area contributed by atoms with Crippen molar-refractivity contribution in [3.05, 3.63) is 126 Å². The molecule has 0 spiro atoms. The maximum Gasteiger partial charge on any atom is 0.439 e. The quantitative estimate of drug-likeness (QED) is 0.169. The van der Waals surface area contributed by atoms with Gasteiger partial charge in [0.25, 0.3) is 5.56 Å². The molecule has 0 bridgehead atoms. The van der Waals surface area contributed by atoms with Gasteiger partial charge in [-0.1, -0.05) is 29.4 Å². The zero-order valence-corrected chi connectivity index (χ0v) is 29.2. The molecule has 10 nitrogen and oxygen atoms in total. The van der Waals surface area contributed by atoms with Crippen molar-refractivity contribution in [1.29, 1.82) is 0 Å². The van der Waals surface area contributed by atoms with Crippen molar-refractivity contribution in [2.45, 2.75) is 31.8 Å². The summed E-state index contributed by atoms with van der Waals surface area (Å²) in [5, 5.41) is 3.90. The number of halogens is 2. The molecule has 1 aliphatic rings. The molecule has 0 saturated heterocycles.